The number of hydrogen-bond acceptors (Lipinski definition) is 3. The van der Waals surface area contributed by atoms with Gasteiger partial charge in [0.1, 0.15) is 0 Å². The predicted octanol–water partition coefficient (Wildman–Crippen LogP) is 3.81. The summed E-state index contributed by atoms with van der Waals surface area (Å²) in [6.07, 6.45) is 0. The molecule has 0 saturated carbocycles. The lowest BCUT2D eigenvalue weighted by atomic mass is 10.2. The van der Waals surface area contributed by atoms with Crippen molar-refractivity contribution in [2.24, 2.45) is 0 Å². The molecule has 0 amide bonds. The van der Waals surface area contributed by atoms with Crippen molar-refractivity contribution in [3.05, 3.63) is 58.1 Å². The van der Waals surface area contributed by atoms with Gasteiger partial charge >= 0.3 is 0 Å². The van der Waals surface area contributed by atoms with E-state index in [9.17, 15) is 8.42 Å². The van der Waals surface area contributed by atoms with E-state index in [1.54, 1.807) is 18.2 Å². The van der Waals surface area contributed by atoms with Crippen molar-refractivity contribution >= 4 is 38.9 Å². The van der Waals surface area contributed by atoms with Crippen LogP contribution in [0.3, 0.4) is 0 Å². The number of aryl methyl sites for hydroxylation is 1. The van der Waals surface area contributed by atoms with Crippen molar-refractivity contribution in [1.82, 2.24) is 4.31 Å². The van der Waals surface area contributed by atoms with E-state index in [4.69, 9.17) is 23.2 Å². The molecule has 24 heavy (non-hydrogen) atoms. The quantitative estimate of drug-likeness (QED) is 0.807. The highest BCUT2D eigenvalue weighted by Gasteiger charge is 2.30. The SMILES string of the molecule is Cc1ccccc1S(=O)(=O)N1CCN(c2cccc(Cl)c2Cl)CC1. The zero-order valence-electron chi connectivity index (χ0n) is 13.2. The predicted molar refractivity (Wildman–Crippen MR) is 98.6 cm³/mol. The minimum atomic E-state index is -3.47. The molecular formula is C17H18Cl2N2O2S. The molecule has 2 aromatic rings. The third kappa shape index (κ3) is 3.26. The van der Waals surface area contributed by atoms with Gasteiger partial charge in [0.15, 0.2) is 0 Å². The number of rotatable bonds is 3. The maximum atomic E-state index is 12.8. The van der Waals surface area contributed by atoms with Gasteiger partial charge in [-0.25, -0.2) is 8.42 Å². The first kappa shape index (κ1) is 17.5. The second-order valence-electron chi connectivity index (χ2n) is 5.73. The summed E-state index contributed by atoms with van der Waals surface area (Å²) < 4.78 is 27.2. The maximum Gasteiger partial charge on any atom is 0.243 e. The molecule has 128 valence electrons. The molecule has 0 spiro atoms. The Hall–Kier alpha value is -1.27. The molecule has 1 heterocycles. The molecule has 0 atom stereocenters. The Morgan fingerprint density at radius 3 is 2.25 bits per heavy atom. The lowest BCUT2D eigenvalue weighted by Crippen LogP contribution is -2.48. The molecule has 1 fully saturated rings. The Morgan fingerprint density at radius 1 is 0.917 bits per heavy atom. The molecule has 0 radical (unpaired) electrons. The normalized spacial score (nSPS) is 16.4. The van der Waals surface area contributed by atoms with E-state index in [-0.39, 0.29) is 0 Å². The summed E-state index contributed by atoms with van der Waals surface area (Å²) in [5.41, 5.74) is 1.61. The fraction of sp³-hybridized carbons (Fsp3) is 0.294. The van der Waals surface area contributed by atoms with Crippen LogP contribution in [0.2, 0.25) is 10.0 Å². The molecule has 0 unspecified atom stereocenters. The Kier molecular flexibility index (Phi) is 5.06. The summed E-state index contributed by atoms with van der Waals surface area (Å²) in [5, 5.41) is 1.01. The number of hydrogen-bond donors (Lipinski definition) is 0. The molecule has 1 aliphatic rings. The molecule has 2 aromatic carbocycles. The van der Waals surface area contributed by atoms with E-state index in [0.717, 1.165) is 11.3 Å². The molecule has 4 nitrogen and oxygen atoms in total. The second kappa shape index (κ2) is 6.92. The zero-order valence-corrected chi connectivity index (χ0v) is 15.6. The largest absolute Gasteiger partial charge is 0.368 e. The van der Waals surface area contributed by atoms with Crippen LogP contribution >= 0.6 is 23.2 Å². The van der Waals surface area contributed by atoms with Gasteiger partial charge in [-0.3, -0.25) is 0 Å². The molecule has 0 aliphatic carbocycles. The molecule has 0 N–H and O–H groups in total. The van der Waals surface area contributed by atoms with Crippen LogP contribution in [0.5, 0.6) is 0 Å². The van der Waals surface area contributed by atoms with Crippen LogP contribution in [-0.4, -0.2) is 38.9 Å². The molecule has 1 aliphatic heterocycles. The lowest BCUT2D eigenvalue weighted by molar-refractivity contribution is 0.384. The van der Waals surface area contributed by atoms with E-state index in [1.165, 1.54) is 4.31 Å². The molecule has 1 saturated heterocycles. The number of sulfonamides is 1. The van der Waals surface area contributed by atoms with Gasteiger partial charge < -0.3 is 4.90 Å². The van der Waals surface area contributed by atoms with Crippen molar-refractivity contribution in [1.29, 1.82) is 0 Å². The van der Waals surface area contributed by atoms with Crippen LogP contribution in [0.25, 0.3) is 0 Å². The summed E-state index contributed by atoms with van der Waals surface area (Å²) in [6, 6.07) is 12.6. The summed E-state index contributed by atoms with van der Waals surface area (Å²) in [6.45, 7) is 3.80. The molecule has 7 heteroatoms. The number of halogens is 2. The van der Waals surface area contributed by atoms with Gasteiger partial charge in [0.25, 0.3) is 0 Å². The highest BCUT2D eigenvalue weighted by atomic mass is 35.5. The Labute approximate surface area is 152 Å². The van der Waals surface area contributed by atoms with Gasteiger partial charge in [0.05, 0.1) is 20.6 Å². The Bertz CT molecular complexity index is 847. The van der Waals surface area contributed by atoms with Crippen LogP contribution in [0.15, 0.2) is 47.4 Å². The van der Waals surface area contributed by atoms with E-state index in [2.05, 4.69) is 4.90 Å². The van der Waals surface area contributed by atoms with E-state index < -0.39 is 10.0 Å². The average molecular weight is 385 g/mol. The van der Waals surface area contributed by atoms with Crippen molar-refractivity contribution < 1.29 is 8.42 Å². The van der Waals surface area contributed by atoms with Crippen LogP contribution < -0.4 is 4.90 Å². The highest BCUT2D eigenvalue weighted by molar-refractivity contribution is 7.89. The van der Waals surface area contributed by atoms with E-state index in [1.807, 2.05) is 31.2 Å². The average Bonchev–Trinajstić information content (AvgIpc) is 2.58. The molecule has 3 rings (SSSR count). The van der Waals surface area contributed by atoms with Crippen molar-refractivity contribution in [2.45, 2.75) is 11.8 Å². The highest BCUT2D eigenvalue weighted by Crippen LogP contribution is 2.33. The van der Waals surface area contributed by atoms with E-state index >= 15 is 0 Å². The fourth-order valence-corrected chi connectivity index (χ4v) is 4.95. The standard InChI is InChI=1S/C17H18Cl2N2O2S/c1-13-5-2-3-8-16(13)24(22,23)21-11-9-20(10-12-21)15-7-4-6-14(18)17(15)19/h2-8H,9-12H2,1H3. The lowest BCUT2D eigenvalue weighted by Gasteiger charge is -2.36. The monoisotopic (exact) mass is 384 g/mol. The van der Waals surface area contributed by atoms with E-state index in [0.29, 0.717) is 41.1 Å². The maximum absolute atomic E-state index is 12.8. The number of benzene rings is 2. The second-order valence-corrected chi connectivity index (χ2v) is 8.42. The summed E-state index contributed by atoms with van der Waals surface area (Å²) in [7, 11) is -3.47. The molecule has 0 aromatic heterocycles. The van der Waals surface area contributed by atoms with Gasteiger partial charge in [-0.15, -0.1) is 0 Å². The first-order chi connectivity index (χ1) is 11.4. The third-order valence-corrected chi connectivity index (χ3v) is 7.09. The zero-order chi connectivity index (χ0) is 17.3. The molecular weight excluding hydrogens is 367 g/mol. The van der Waals surface area contributed by atoms with Crippen molar-refractivity contribution in [2.75, 3.05) is 31.1 Å². The van der Waals surface area contributed by atoms with Crippen LogP contribution in [0.4, 0.5) is 5.69 Å². The van der Waals surface area contributed by atoms with Gasteiger partial charge in [0.2, 0.25) is 10.0 Å². The Morgan fingerprint density at radius 2 is 1.58 bits per heavy atom. The minimum Gasteiger partial charge on any atom is -0.368 e. The van der Waals surface area contributed by atoms with Gasteiger partial charge in [-0.2, -0.15) is 4.31 Å². The first-order valence-corrected chi connectivity index (χ1v) is 9.85. The summed E-state index contributed by atoms with van der Waals surface area (Å²) in [5.74, 6) is 0. The van der Waals surface area contributed by atoms with Crippen molar-refractivity contribution in [3.63, 3.8) is 0 Å². The summed E-state index contributed by atoms with van der Waals surface area (Å²) >= 11 is 12.3. The van der Waals surface area contributed by atoms with Crippen LogP contribution in [0, 0.1) is 6.92 Å². The van der Waals surface area contributed by atoms with Gasteiger partial charge in [-0.1, -0.05) is 47.5 Å². The molecule has 0 bridgehead atoms. The minimum absolute atomic E-state index is 0.374. The van der Waals surface area contributed by atoms with Gasteiger partial charge in [0, 0.05) is 26.2 Å². The summed E-state index contributed by atoms with van der Waals surface area (Å²) in [4.78, 5) is 2.44. The van der Waals surface area contributed by atoms with Gasteiger partial charge in [-0.05, 0) is 30.7 Å². The van der Waals surface area contributed by atoms with Crippen molar-refractivity contribution in [3.8, 4) is 0 Å². The van der Waals surface area contributed by atoms with Crippen LogP contribution in [0.1, 0.15) is 5.56 Å². The smallest absolute Gasteiger partial charge is 0.243 e. The Balaban J connectivity index is 1.78. The number of anilines is 1. The van der Waals surface area contributed by atoms with Crippen LogP contribution in [-0.2, 0) is 10.0 Å². The number of piperazine rings is 1. The first-order valence-electron chi connectivity index (χ1n) is 7.66. The fourth-order valence-electron chi connectivity index (χ4n) is 2.89. The topological polar surface area (TPSA) is 40.6 Å². The third-order valence-electron chi connectivity index (χ3n) is 4.22. The number of nitrogens with zero attached hydrogens (tertiary/aromatic N) is 2.